The van der Waals surface area contributed by atoms with Crippen molar-refractivity contribution in [2.45, 2.75) is 26.5 Å². The Hall–Kier alpha value is -1.43. The van der Waals surface area contributed by atoms with Gasteiger partial charge in [0.25, 0.3) is 0 Å². The molecule has 0 aliphatic carbocycles. The molecule has 1 rings (SSSR count). The van der Waals surface area contributed by atoms with Crippen LogP contribution in [0.15, 0.2) is 30.3 Å². The van der Waals surface area contributed by atoms with Gasteiger partial charge in [-0.2, -0.15) is 0 Å². The van der Waals surface area contributed by atoms with Crippen LogP contribution in [0.5, 0.6) is 0 Å². The topological polar surface area (TPSA) is 98.6 Å². The van der Waals surface area contributed by atoms with Gasteiger partial charge in [-0.05, 0) is 11.5 Å². The van der Waals surface area contributed by atoms with Gasteiger partial charge in [-0.15, -0.1) is 0 Å². The average Bonchev–Trinajstić information content (AvgIpc) is 2.30. The number of nitrogens with two attached hydrogens (primary N) is 2. The average molecular weight is 240 g/mol. The van der Waals surface area contributed by atoms with E-state index in [1.807, 2.05) is 30.3 Å². The fraction of sp³-hybridized carbons (Fsp3) is 0.417. The molecule has 0 saturated heterocycles. The Balaban J connectivity index is 0.000000304. The maximum atomic E-state index is 10.0. The van der Waals surface area contributed by atoms with Gasteiger partial charge in [0.15, 0.2) is 0 Å². The predicted molar refractivity (Wildman–Crippen MR) is 65.9 cm³/mol. The van der Waals surface area contributed by atoms with Crippen molar-refractivity contribution in [1.29, 1.82) is 0 Å². The van der Waals surface area contributed by atoms with Crippen molar-refractivity contribution in [3.8, 4) is 0 Å². The third kappa shape index (κ3) is 7.46. The van der Waals surface area contributed by atoms with Crippen LogP contribution >= 0.6 is 0 Å². The predicted octanol–water partition coefficient (Wildman–Crippen LogP) is 1.13. The lowest BCUT2D eigenvalue weighted by Crippen LogP contribution is -2.34. The molecule has 5 heteroatoms. The molecule has 5 N–H and O–H groups in total. The van der Waals surface area contributed by atoms with Crippen molar-refractivity contribution in [2.24, 2.45) is 17.5 Å². The van der Waals surface area contributed by atoms with E-state index >= 15 is 0 Å². The van der Waals surface area contributed by atoms with E-state index in [1.165, 1.54) is 0 Å². The summed E-state index contributed by atoms with van der Waals surface area (Å²) in [4.78, 5) is 14.4. The van der Waals surface area contributed by atoms with Crippen molar-refractivity contribution >= 4 is 5.97 Å². The summed E-state index contributed by atoms with van der Waals surface area (Å²) in [5.74, 6) is 3.95. The third-order valence-electron chi connectivity index (χ3n) is 2.10. The van der Waals surface area contributed by atoms with Crippen molar-refractivity contribution < 1.29 is 14.7 Å². The highest BCUT2D eigenvalue weighted by Gasteiger charge is 2.14. The number of rotatable bonds is 4. The molecule has 0 bridgehead atoms. The maximum Gasteiger partial charge on any atom is 0.320 e. The molecule has 17 heavy (non-hydrogen) atoms. The van der Waals surface area contributed by atoms with Gasteiger partial charge >= 0.3 is 5.97 Å². The van der Waals surface area contributed by atoms with Crippen LogP contribution < -0.4 is 11.6 Å². The van der Waals surface area contributed by atoms with E-state index in [9.17, 15) is 4.79 Å². The standard InChI is InChI=1S/C7H9NO.C5H11NO2/c8-9-6-7-4-2-1-3-5-7;1-3(2)4(6)5(7)8/h1-5H,6,8H2;3-4H,6H2,1-2H3,(H,7,8)/t;4-/m.0/s1. The van der Waals surface area contributed by atoms with Gasteiger partial charge in [0.1, 0.15) is 6.04 Å². The van der Waals surface area contributed by atoms with Crippen molar-refractivity contribution in [2.75, 3.05) is 0 Å². The van der Waals surface area contributed by atoms with Gasteiger partial charge in [-0.1, -0.05) is 44.2 Å². The number of carboxylic acids is 1. The number of hydrogen-bond donors (Lipinski definition) is 3. The van der Waals surface area contributed by atoms with Crippen molar-refractivity contribution in [3.05, 3.63) is 35.9 Å². The van der Waals surface area contributed by atoms with E-state index in [0.29, 0.717) is 6.61 Å². The van der Waals surface area contributed by atoms with Crippen LogP contribution in [-0.4, -0.2) is 17.1 Å². The highest BCUT2D eigenvalue weighted by Crippen LogP contribution is 1.97. The first-order valence-electron chi connectivity index (χ1n) is 5.33. The quantitative estimate of drug-likeness (QED) is 0.685. The minimum absolute atomic E-state index is 0.0208. The Bertz CT molecular complexity index is 315. The summed E-state index contributed by atoms with van der Waals surface area (Å²) < 4.78 is 0. The Kier molecular flexibility index (Phi) is 7.96. The largest absolute Gasteiger partial charge is 0.480 e. The Labute approximate surface area is 101 Å². The lowest BCUT2D eigenvalue weighted by atomic mass is 10.1. The van der Waals surface area contributed by atoms with E-state index in [2.05, 4.69) is 4.84 Å². The van der Waals surface area contributed by atoms with E-state index < -0.39 is 12.0 Å². The first-order chi connectivity index (χ1) is 7.99. The second-order valence-electron chi connectivity index (χ2n) is 3.90. The molecule has 0 fully saturated rings. The Morgan fingerprint density at radius 1 is 1.35 bits per heavy atom. The van der Waals surface area contributed by atoms with Crippen LogP contribution in [0, 0.1) is 5.92 Å². The molecule has 1 aromatic rings. The van der Waals surface area contributed by atoms with Gasteiger partial charge in [0.2, 0.25) is 0 Å². The summed E-state index contributed by atoms with van der Waals surface area (Å²) >= 11 is 0. The first kappa shape index (κ1) is 15.6. The Morgan fingerprint density at radius 3 is 2.18 bits per heavy atom. The van der Waals surface area contributed by atoms with Crippen molar-refractivity contribution in [1.82, 2.24) is 0 Å². The minimum atomic E-state index is -0.931. The number of hydrogen-bond acceptors (Lipinski definition) is 4. The molecular formula is C12H20N2O3. The Morgan fingerprint density at radius 2 is 1.88 bits per heavy atom. The molecule has 0 saturated carbocycles. The molecule has 0 aliphatic heterocycles. The van der Waals surface area contributed by atoms with E-state index in [1.54, 1.807) is 13.8 Å². The summed E-state index contributed by atoms with van der Waals surface area (Å²) in [5, 5.41) is 8.23. The van der Waals surface area contributed by atoms with E-state index in [0.717, 1.165) is 5.56 Å². The lowest BCUT2D eigenvalue weighted by Gasteiger charge is -2.07. The molecule has 0 aromatic heterocycles. The summed E-state index contributed by atoms with van der Waals surface area (Å²) in [6.07, 6.45) is 0. The summed E-state index contributed by atoms with van der Waals surface area (Å²) in [6, 6.07) is 9.08. The van der Waals surface area contributed by atoms with Gasteiger partial charge in [-0.3, -0.25) is 9.63 Å². The summed E-state index contributed by atoms with van der Waals surface area (Å²) in [7, 11) is 0. The highest BCUT2D eigenvalue weighted by molar-refractivity contribution is 5.73. The molecule has 0 unspecified atom stereocenters. The number of carboxylic acid groups (broad SMARTS) is 1. The van der Waals surface area contributed by atoms with Crippen LogP contribution in [0.1, 0.15) is 19.4 Å². The number of carbonyl (C=O) groups is 1. The van der Waals surface area contributed by atoms with Gasteiger partial charge < -0.3 is 10.8 Å². The van der Waals surface area contributed by atoms with Gasteiger partial charge in [0, 0.05) is 0 Å². The molecule has 1 aromatic carbocycles. The molecule has 0 amide bonds. The first-order valence-corrected chi connectivity index (χ1v) is 5.33. The van der Waals surface area contributed by atoms with E-state index in [4.69, 9.17) is 16.7 Å². The van der Waals surface area contributed by atoms with Crippen LogP contribution in [0.4, 0.5) is 0 Å². The van der Waals surface area contributed by atoms with Crippen LogP contribution in [0.3, 0.4) is 0 Å². The molecular weight excluding hydrogens is 220 g/mol. The minimum Gasteiger partial charge on any atom is -0.480 e. The SMILES string of the molecule is CC(C)[C@H](N)C(=O)O.NOCc1ccccc1. The number of benzene rings is 1. The molecule has 5 nitrogen and oxygen atoms in total. The zero-order valence-electron chi connectivity index (χ0n) is 10.2. The second kappa shape index (κ2) is 8.69. The second-order valence-corrected chi connectivity index (χ2v) is 3.90. The molecule has 0 spiro atoms. The lowest BCUT2D eigenvalue weighted by molar-refractivity contribution is -0.139. The molecule has 0 radical (unpaired) electrons. The fourth-order valence-electron chi connectivity index (χ4n) is 0.956. The van der Waals surface area contributed by atoms with Gasteiger partial charge in [-0.25, -0.2) is 5.90 Å². The van der Waals surface area contributed by atoms with E-state index in [-0.39, 0.29) is 5.92 Å². The third-order valence-corrected chi connectivity index (χ3v) is 2.10. The van der Waals surface area contributed by atoms with Crippen molar-refractivity contribution in [3.63, 3.8) is 0 Å². The van der Waals surface area contributed by atoms with Crippen LogP contribution in [0.2, 0.25) is 0 Å². The molecule has 0 heterocycles. The zero-order valence-corrected chi connectivity index (χ0v) is 10.2. The molecule has 96 valence electrons. The summed E-state index contributed by atoms with van der Waals surface area (Å²) in [5.41, 5.74) is 6.26. The van der Waals surface area contributed by atoms with Gasteiger partial charge in [0.05, 0.1) is 6.61 Å². The fourth-order valence-corrected chi connectivity index (χ4v) is 0.956. The van der Waals surface area contributed by atoms with Crippen LogP contribution in [0.25, 0.3) is 0 Å². The summed E-state index contributed by atoms with van der Waals surface area (Å²) in [6.45, 7) is 4.04. The number of aliphatic carboxylic acids is 1. The molecule has 0 aliphatic rings. The highest BCUT2D eigenvalue weighted by atomic mass is 16.6. The smallest absolute Gasteiger partial charge is 0.320 e. The molecule has 1 atom stereocenters. The zero-order chi connectivity index (χ0) is 13.3. The normalized spacial score (nSPS) is 11.6. The maximum absolute atomic E-state index is 10.0. The van der Waals surface area contributed by atoms with Crippen LogP contribution in [-0.2, 0) is 16.2 Å². The monoisotopic (exact) mass is 240 g/mol.